The Morgan fingerprint density at radius 1 is 1.44 bits per heavy atom. The molecule has 2 rings (SSSR count). The molecule has 18 heavy (non-hydrogen) atoms. The van der Waals surface area contributed by atoms with Crippen LogP contribution in [0.15, 0.2) is 30.0 Å². The molecule has 0 amide bonds. The first-order chi connectivity index (χ1) is 8.72. The van der Waals surface area contributed by atoms with Crippen LogP contribution in [0, 0.1) is 6.92 Å². The van der Waals surface area contributed by atoms with E-state index < -0.39 is 0 Å². The summed E-state index contributed by atoms with van der Waals surface area (Å²) in [7, 11) is 0. The van der Waals surface area contributed by atoms with Crippen LogP contribution in [0.2, 0.25) is 5.02 Å². The average Bonchev–Trinajstić information content (AvgIpc) is 2.40. The molecule has 0 saturated heterocycles. The molecule has 1 N–H and O–H groups in total. The van der Waals surface area contributed by atoms with E-state index in [9.17, 15) is 0 Å². The lowest BCUT2D eigenvalue weighted by Gasteiger charge is -2.25. The van der Waals surface area contributed by atoms with Crippen LogP contribution in [0.5, 0.6) is 0 Å². The van der Waals surface area contributed by atoms with E-state index in [1.807, 2.05) is 13.0 Å². The Kier molecular flexibility index (Phi) is 4.67. The van der Waals surface area contributed by atoms with E-state index in [0.717, 1.165) is 42.3 Å². The molecule has 0 spiro atoms. The van der Waals surface area contributed by atoms with Gasteiger partial charge in [0.2, 0.25) is 0 Å². The fourth-order valence-electron chi connectivity index (χ4n) is 2.15. The van der Waals surface area contributed by atoms with Crippen LogP contribution in [0.1, 0.15) is 36.9 Å². The minimum absolute atomic E-state index is 0.119. The number of allylic oxidation sites excluding steroid dienone is 1. The van der Waals surface area contributed by atoms with E-state index in [-0.39, 0.29) is 6.04 Å². The zero-order valence-corrected chi connectivity index (χ0v) is 11.8. The second kappa shape index (κ2) is 6.26. The second-order valence-corrected chi connectivity index (χ2v) is 5.00. The monoisotopic (exact) mass is 265 g/mol. The topological polar surface area (TPSA) is 21.3 Å². The van der Waals surface area contributed by atoms with Gasteiger partial charge in [0.15, 0.2) is 0 Å². The standard InChI is InChI=1S/C15H20ClNO/c1-3-17-15(14-6-4-5-9-18-14)12-8-7-11(2)13(16)10-12/h6-8,10,15,17H,3-5,9H2,1-2H3. The molecule has 1 atom stereocenters. The zero-order valence-electron chi connectivity index (χ0n) is 11.0. The van der Waals surface area contributed by atoms with Crippen LogP contribution in [0.3, 0.4) is 0 Å². The molecule has 98 valence electrons. The van der Waals surface area contributed by atoms with Crippen molar-refractivity contribution in [1.82, 2.24) is 5.32 Å². The Labute approximate surface area is 114 Å². The molecule has 2 nitrogen and oxygen atoms in total. The summed E-state index contributed by atoms with van der Waals surface area (Å²) < 4.78 is 5.77. The van der Waals surface area contributed by atoms with Crippen molar-refractivity contribution in [2.75, 3.05) is 13.2 Å². The first-order valence-electron chi connectivity index (χ1n) is 6.54. The molecule has 0 aromatic heterocycles. The third-order valence-electron chi connectivity index (χ3n) is 3.18. The van der Waals surface area contributed by atoms with Crippen LogP contribution >= 0.6 is 11.6 Å². The van der Waals surface area contributed by atoms with E-state index in [4.69, 9.17) is 16.3 Å². The first-order valence-corrected chi connectivity index (χ1v) is 6.92. The van der Waals surface area contributed by atoms with Crippen LogP contribution < -0.4 is 5.32 Å². The maximum absolute atomic E-state index is 6.21. The Morgan fingerprint density at radius 3 is 2.89 bits per heavy atom. The Morgan fingerprint density at radius 2 is 2.28 bits per heavy atom. The van der Waals surface area contributed by atoms with Gasteiger partial charge in [-0.25, -0.2) is 0 Å². The SMILES string of the molecule is CCNC(C1=CCCCO1)c1ccc(C)c(Cl)c1. The average molecular weight is 266 g/mol. The van der Waals surface area contributed by atoms with E-state index in [1.54, 1.807) is 0 Å². The molecular formula is C15H20ClNO. The number of rotatable bonds is 4. The van der Waals surface area contributed by atoms with Gasteiger partial charge in [0.05, 0.1) is 12.6 Å². The highest BCUT2D eigenvalue weighted by Crippen LogP contribution is 2.28. The van der Waals surface area contributed by atoms with Gasteiger partial charge >= 0.3 is 0 Å². The van der Waals surface area contributed by atoms with Gasteiger partial charge in [-0.3, -0.25) is 0 Å². The van der Waals surface area contributed by atoms with Crippen molar-refractivity contribution < 1.29 is 4.74 Å². The van der Waals surface area contributed by atoms with E-state index >= 15 is 0 Å². The summed E-state index contributed by atoms with van der Waals surface area (Å²) in [4.78, 5) is 0. The van der Waals surface area contributed by atoms with Gasteiger partial charge in [-0.15, -0.1) is 0 Å². The lowest BCUT2D eigenvalue weighted by Crippen LogP contribution is -2.25. The number of likely N-dealkylation sites (N-methyl/N-ethyl adjacent to an activating group) is 1. The molecular weight excluding hydrogens is 246 g/mol. The summed E-state index contributed by atoms with van der Waals surface area (Å²) in [6.07, 6.45) is 4.39. The summed E-state index contributed by atoms with van der Waals surface area (Å²) in [5, 5.41) is 4.28. The van der Waals surface area contributed by atoms with Crippen molar-refractivity contribution in [3.8, 4) is 0 Å². The smallest absolute Gasteiger partial charge is 0.113 e. The van der Waals surface area contributed by atoms with Crippen LogP contribution in [-0.2, 0) is 4.74 Å². The summed E-state index contributed by atoms with van der Waals surface area (Å²) >= 11 is 6.21. The molecule has 1 aromatic rings. The highest BCUT2D eigenvalue weighted by atomic mass is 35.5. The van der Waals surface area contributed by atoms with Gasteiger partial charge in [-0.1, -0.05) is 30.7 Å². The molecule has 0 radical (unpaired) electrons. The highest BCUT2D eigenvalue weighted by molar-refractivity contribution is 6.31. The lowest BCUT2D eigenvalue weighted by molar-refractivity contribution is 0.168. The number of hydrogen-bond acceptors (Lipinski definition) is 2. The molecule has 1 aliphatic rings. The second-order valence-electron chi connectivity index (χ2n) is 4.60. The number of aryl methyl sites for hydroxylation is 1. The Bertz CT molecular complexity index is 442. The number of nitrogens with one attached hydrogen (secondary N) is 1. The van der Waals surface area contributed by atoms with Crippen molar-refractivity contribution in [2.24, 2.45) is 0 Å². The quantitative estimate of drug-likeness (QED) is 0.889. The van der Waals surface area contributed by atoms with E-state index in [2.05, 4.69) is 30.4 Å². The van der Waals surface area contributed by atoms with Crippen molar-refractivity contribution in [3.05, 3.63) is 46.2 Å². The van der Waals surface area contributed by atoms with Gasteiger partial charge in [-0.05, 0) is 49.6 Å². The maximum Gasteiger partial charge on any atom is 0.113 e. The van der Waals surface area contributed by atoms with E-state index in [1.165, 1.54) is 5.56 Å². The van der Waals surface area contributed by atoms with Crippen LogP contribution in [0.4, 0.5) is 0 Å². The summed E-state index contributed by atoms with van der Waals surface area (Å²) in [6.45, 7) is 5.83. The first kappa shape index (κ1) is 13.4. The largest absolute Gasteiger partial charge is 0.496 e. The normalized spacial score (nSPS) is 16.9. The summed E-state index contributed by atoms with van der Waals surface area (Å²) in [5.74, 6) is 1.03. The van der Waals surface area contributed by atoms with Gasteiger partial charge in [0.1, 0.15) is 5.76 Å². The number of benzene rings is 1. The Balaban J connectivity index is 2.28. The number of hydrogen-bond donors (Lipinski definition) is 1. The summed E-state index contributed by atoms with van der Waals surface area (Å²) in [6, 6.07) is 6.33. The fraction of sp³-hybridized carbons (Fsp3) is 0.467. The highest BCUT2D eigenvalue weighted by Gasteiger charge is 2.19. The molecule has 1 aliphatic heterocycles. The minimum Gasteiger partial charge on any atom is -0.496 e. The third-order valence-corrected chi connectivity index (χ3v) is 3.59. The predicted octanol–water partition coefficient (Wildman–Crippen LogP) is 3.99. The Hall–Kier alpha value is -0.990. The molecule has 1 heterocycles. The van der Waals surface area contributed by atoms with Crippen LogP contribution in [-0.4, -0.2) is 13.2 Å². The fourth-order valence-corrected chi connectivity index (χ4v) is 2.34. The van der Waals surface area contributed by atoms with Crippen molar-refractivity contribution in [3.63, 3.8) is 0 Å². The molecule has 0 aliphatic carbocycles. The molecule has 3 heteroatoms. The molecule has 0 bridgehead atoms. The predicted molar refractivity (Wildman–Crippen MR) is 75.9 cm³/mol. The third kappa shape index (κ3) is 3.06. The van der Waals surface area contributed by atoms with Gasteiger partial charge in [0, 0.05) is 5.02 Å². The molecule has 1 unspecified atom stereocenters. The molecule has 0 fully saturated rings. The molecule has 0 saturated carbocycles. The van der Waals surface area contributed by atoms with Crippen molar-refractivity contribution >= 4 is 11.6 Å². The van der Waals surface area contributed by atoms with Crippen LogP contribution in [0.25, 0.3) is 0 Å². The number of halogens is 1. The maximum atomic E-state index is 6.21. The van der Waals surface area contributed by atoms with Crippen molar-refractivity contribution in [2.45, 2.75) is 32.7 Å². The lowest BCUT2D eigenvalue weighted by atomic mass is 10.0. The van der Waals surface area contributed by atoms with Gasteiger partial charge < -0.3 is 10.1 Å². The van der Waals surface area contributed by atoms with E-state index in [0.29, 0.717) is 0 Å². The molecule has 1 aromatic carbocycles. The minimum atomic E-state index is 0.119. The van der Waals surface area contributed by atoms with Gasteiger partial charge in [0.25, 0.3) is 0 Å². The van der Waals surface area contributed by atoms with Crippen molar-refractivity contribution in [1.29, 1.82) is 0 Å². The summed E-state index contributed by atoms with van der Waals surface area (Å²) in [5.41, 5.74) is 2.27. The zero-order chi connectivity index (χ0) is 13.0. The number of ether oxygens (including phenoxy) is 1. The van der Waals surface area contributed by atoms with Gasteiger partial charge in [-0.2, -0.15) is 0 Å².